The Hall–Kier alpha value is -2.64. The van der Waals surface area contributed by atoms with E-state index in [9.17, 15) is 13.2 Å². The van der Waals surface area contributed by atoms with Gasteiger partial charge in [-0.05, 0) is 18.6 Å². The molecule has 0 saturated carbocycles. The van der Waals surface area contributed by atoms with Crippen LogP contribution in [-0.2, 0) is 0 Å². The Morgan fingerprint density at radius 2 is 1.96 bits per heavy atom. The molecule has 0 saturated heterocycles. The molecular weight excluding hydrogens is 307 g/mol. The molecule has 1 unspecified atom stereocenters. The Bertz CT molecular complexity index is 852. The number of nitrogens with two attached hydrogens (primary N) is 1. The number of aromatic nitrogens is 4. The van der Waals surface area contributed by atoms with E-state index in [1.165, 1.54) is 29.9 Å². The maximum absolute atomic E-state index is 13.9. The summed E-state index contributed by atoms with van der Waals surface area (Å²) < 4.78 is 41.9. The van der Waals surface area contributed by atoms with Crippen LogP contribution in [0.2, 0.25) is 0 Å². The van der Waals surface area contributed by atoms with E-state index >= 15 is 0 Å². The Labute approximate surface area is 130 Å². The van der Waals surface area contributed by atoms with Gasteiger partial charge in [-0.3, -0.25) is 4.98 Å². The minimum atomic E-state index is -2.85. The second-order valence-electron chi connectivity index (χ2n) is 5.45. The molecule has 0 aliphatic heterocycles. The summed E-state index contributed by atoms with van der Waals surface area (Å²) >= 11 is 0. The number of nitrogen functional groups attached to an aromatic ring is 1. The highest BCUT2D eigenvalue weighted by atomic mass is 19.3. The molecule has 8 heteroatoms. The first-order valence-electron chi connectivity index (χ1n) is 6.91. The number of anilines is 1. The van der Waals surface area contributed by atoms with E-state index < -0.39 is 17.7 Å². The number of hydrogen-bond donors (Lipinski definition) is 1. The van der Waals surface area contributed by atoms with Crippen LogP contribution in [0.4, 0.5) is 19.1 Å². The summed E-state index contributed by atoms with van der Waals surface area (Å²) in [5, 5.41) is 3.95. The average Bonchev–Trinajstić information content (AvgIpc) is 2.82. The lowest BCUT2D eigenvalue weighted by Crippen LogP contribution is -2.19. The Morgan fingerprint density at radius 1 is 1.22 bits per heavy atom. The van der Waals surface area contributed by atoms with Gasteiger partial charge in [0.15, 0.2) is 5.82 Å². The quantitative estimate of drug-likeness (QED) is 0.804. The summed E-state index contributed by atoms with van der Waals surface area (Å²) in [7, 11) is 0. The Kier molecular flexibility index (Phi) is 3.46. The molecule has 0 bridgehead atoms. The predicted octanol–water partition coefficient (Wildman–Crippen LogP) is 3.27. The largest absolute Gasteiger partial charge is 0.367 e. The van der Waals surface area contributed by atoms with E-state index in [1.807, 2.05) is 0 Å². The lowest BCUT2D eigenvalue weighted by Gasteiger charge is -2.19. The SMILES string of the molecule is CC(c1ccc(-c2cc(F)c3cnc(N)nn23)nc1)C(C)(F)F. The van der Waals surface area contributed by atoms with Gasteiger partial charge < -0.3 is 5.73 Å². The van der Waals surface area contributed by atoms with Crippen molar-refractivity contribution in [1.29, 1.82) is 0 Å². The molecule has 0 spiro atoms. The van der Waals surface area contributed by atoms with Crippen molar-refractivity contribution < 1.29 is 13.2 Å². The highest BCUT2D eigenvalue weighted by Crippen LogP contribution is 2.33. The third-order valence-electron chi connectivity index (χ3n) is 3.80. The Morgan fingerprint density at radius 3 is 2.57 bits per heavy atom. The van der Waals surface area contributed by atoms with Crippen molar-refractivity contribution in [3.05, 3.63) is 42.0 Å². The van der Waals surface area contributed by atoms with Gasteiger partial charge >= 0.3 is 0 Å². The Balaban J connectivity index is 2.05. The fourth-order valence-electron chi connectivity index (χ4n) is 2.25. The van der Waals surface area contributed by atoms with Gasteiger partial charge in [0, 0.05) is 18.2 Å². The summed E-state index contributed by atoms with van der Waals surface area (Å²) in [5.41, 5.74) is 6.85. The maximum Gasteiger partial charge on any atom is 0.251 e. The second kappa shape index (κ2) is 5.22. The van der Waals surface area contributed by atoms with Crippen LogP contribution < -0.4 is 5.73 Å². The van der Waals surface area contributed by atoms with E-state index in [0.29, 0.717) is 17.0 Å². The van der Waals surface area contributed by atoms with E-state index in [-0.39, 0.29) is 11.5 Å². The first kappa shape index (κ1) is 15.3. The third-order valence-corrected chi connectivity index (χ3v) is 3.80. The molecule has 3 aromatic heterocycles. The molecular formula is C15H14F3N5. The first-order valence-corrected chi connectivity index (χ1v) is 6.91. The summed E-state index contributed by atoms with van der Waals surface area (Å²) in [6.07, 6.45) is 2.63. The van der Waals surface area contributed by atoms with Crippen molar-refractivity contribution in [3.8, 4) is 11.4 Å². The summed E-state index contributed by atoms with van der Waals surface area (Å²) in [4.78, 5) is 7.90. The first-order chi connectivity index (χ1) is 10.8. The van der Waals surface area contributed by atoms with Gasteiger partial charge in [-0.1, -0.05) is 13.0 Å². The zero-order valence-corrected chi connectivity index (χ0v) is 12.5. The fourth-order valence-corrected chi connectivity index (χ4v) is 2.25. The molecule has 3 heterocycles. The smallest absolute Gasteiger partial charge is 0.251 e. The standard InChI is InChI=1S/C15H14F3N5/c1-8(15(2,17)18)9-3-4-11(20-6-9)12-5-10(16)13-7-21-14(19)22-23(12)13/h3-8H,1-2H3,(H2,19,22). The van der Waals surface area contributed by atoms with Gasteiger partial charge in [-0.25, -0.2) is 22.7 Å². The van der Waals surface area contributed by atoms with Crippen molar-refractivity contribution in [3.63, 3.8) is 0 Å². The van der Waals surface area contributed by atoms with Crippen LogP contribution >= 0.6 is 0 Å². The number of fused-ring (bicyclic) bond motifs is 1. The summed E-state index contributed by atoms with van der Waals surface area (Å²) in [5.74, 6) is -4.34. The number of alkyl halides is 2. The highest BCUT2D eigenvalue weighted by molar-refractivity contribution is 5.64. The van der Waals surface area contributed by atoms with E-state index in [1.54, 1.807) is 12.1 Å². The van der Waals surface area contributed by atoms with Gasteiger partial charge in [-0.15, -0.1) is 5.10 Å². The lowest BCUT2D eigenvalue weighted by molar-refractivity contribution is -0.00231. The van der Waals surface area contributed by atoms with E-state index in [0.717, 1.165) is 6.92 Å². The third kappa shape index (κ3) is 2.71. The van der Waals surface area contributed by atoms with Gasteiger partial charge in [0.05, 0.1) is 17.6 Å². The molecule has 2 N–H and O–H groups in total. The van der Waals surface area contributed by atoms with Crippen LogP contribution in [0.25, 0.3) is 16.9 Å². The molecule has 5 nitrogen and oxygen atoms in total. The molecule has 3 rings (SSSR count). The van der Waals surface area contributed by atoms with E-state index in [2.05, 4.69) is 15.1 Å². The number of hydrogen-bond acceptors (Lipinski definition) is 4. The number of pyridine rings is 1. The zero-order valence-electron chi connectivity index (χ0n) is 12.5. The van der Waals surface area contributed by atoms with Crippen molar-refractivity contribution >= 4 is 11.5 Å². The van der Waals surface area contributed by atoms with Crippen molar-refractivity contribution in [2.24, 2.45) is 0 Å². The van der Waals surface area contributed by atoms with Gasteiger partial charge in [0.2, 0.25) is 5.95 Å². The van der Waals surface area contributed by atoms with Crippen molar-refractivity contribution in [2.75, 3.05) is 5.73 Å². The lowest BCUT2D eigenvalue weighted by atomic mass is 9.97. The maximum atomic E-state index is 13.9. The molecule has 0 aliphatic rings. The van der Waals surface area contributed by atoms with Crippen LogP contribution in [0, 0.1) is 5.82 Å². The number of halogens is 3. The van der Waals surface area contributed by atoms with Crippen molar-refractivity contribution in [2.45, 2.75) is 25.7 Å². The van der Waals surface area contributed by atoms with Gasteiger partial charge in [0.25, 0.3) is 5.92 Å². The van der Waals surface area contributed by atoms with Crippen LogP contribution in [-0.4, -0.2) is 25.5 Å². The van der Waals surface area contributed by atoms with Crippen LogP contribution in [0.3, 0.4) is 0 Å². The second-order valence-corrected chi connectivity index (χ2v) is 5.45. The van der Waals surface area contributed by atoms with Crippen LogP contribution in [0.5, 0.6) is 0 Å². The van der Waals surface area contributed by atoms with Crippen molar-refractivity contribution in [1.82, 2.24) is 19.6 Å². The normalized spacial score (nSPS) is 13.4. The molecule has 0 aliphatic carbocycles. The summed E-state index contributed by atoms with van der Waals surface area (Å²) in [6.45, 7) is 2.29. The summed E-state index contributed by atoms with van der Waals surface area (Å²) in [6, 6.07) is 4.35. The molecule has 0 aromatic carbocycles. The predicted molar refractivity (Wildman–Crippen MR) is 79.6 cm³/mol. The monoisotopic (exact) mass is 321 g/mol. The highest BCUT2D eigenvalue weighted by Gasteiger charge is 2.31. The molecule has 1 atom stereocenters. The molecule has 3 aromatic rings. The molecule has 0 fully saturated rings. The zero-order chi connectivity index (χ0) is 16.8. The molecule has 23 heavy (non-hydrogen) atoms. The minimum Gasteiger partial charge on any atom is -0.367 e. The van der Waals surface area contributed by atoms with Crippen LogP contribution in [0.15, 0.2) is 30.6 Å². The number of nitrogens with zero attached hydrogens (tertiary/aromatic N) is 4. The average molecular weight is 321 g/mol. The van der Waals surface area contributed by atoms with Gasteiger partial charge in [0.1, 0.15) is 5.52 Å². The van der Waals surface area contributed by atoms with E-state index in [4.69, 9.17) is 5.73 Å². The molecule has 120 valence electrons. The van der Waals surface area contributed by atoms with Crippen LogP contribution in [0.1, 0.15) is 25.3 Å². The van der Waals surface area contributed by atoms with Gasteiger partial charge in [-0.2, -0.15) is 0 Å². The number of rotatable bonds is 3. The molecule has 0 radical (unpaired) electrons. The topological polar surface area (TPSA) is 69.1 Å². The fraction of sp³-hybridized carbons (Fsp3) is 0.267. The minimum absolute atomic E-state index is 0.00906. The molecule has 0 amide bonds.